The quantitative estimate of drug-likeness (QED) is 0.797. The van der Waals surface area contributed by atoms with Gasteiger partial charge in [0.2, 0.25) is 0 Å². The number of rotatable bonds is 7. The summed E-state index contributed by atoms with van der Waals surface area (Å²) in [4.78, 5) is 22.7. The third-order valence-corrected chi connectivity index (χ3v) is 2.29. The molecule has 0 saturated heterocycles. The molecule has 20 heavy (non-hydrogen) atoms. The van der Waals surface area contributed by atoms with E-state index in [1.54, 1.807) is 24.3 Å². The molecule has 0 heterocycles. The Morgan fingerprint density at radius 2 is 1.65 bits per heavy atom. The average Bonchev–Trinajstić information content (AvgIpc) is 2.45. The van der Waals surface area contributed by atoms with Crippen LogP contribution in [0, 0.1) is 0 Å². The summed E-state index contributed by atoms with van der Waals surface area (Å²) in [6.45, 7) is 4.73. The Hall–Kier alpha value is -2.24. The molecule has 0 atom stereocenters. The van der Waals surface area contributed by atoms with E-state index in [2.05, 4.69) is 10.6 Å². The van der Waals surface area contributed by atoms with Gasteiger partial charge in [-0.05, 0) is 37.6 Å². The highest BCUT2D eigenvalue weighted by Gasteiger charge is 2.07. The lowest BCUT2D eigenvalue weighted by molar-refractivity contribution is -0.122. The number of hydrogen-bond donors (Lipinski definition) is 2. The third-order valence-electron chi connectivity index (χ3n) is 2.29. The van der Waals surface area contributed by atoms with Crippen LogP contribution < -0.4 is 20.1 Å². The molecular formula is C14H20N2O4. The maximum Gasteiger partial charge on any atom is 0.321 e. The number of urea groups is 1. The molecule has 6 heteroatoms. The second-order valence-electron chi connectivity index (χ2n) is 4.00. The minimum absolute atomic E-state index is 0.215. The molecule has 6 nitrogen and oxygen atoms in total. The Morgan fingerprint density at radius 3 is 2.20 bits per heavy atom. The van der Waals surface area contributed by atoms with E-state index in [1.165, 1.54) is 0 Å². The fourth-order valence-corrected chi connectivity index (χ4v) is 1.39. The van der Waals surface area contributed by atoms with Crippen LogP contribution in [0.25, 0.3) is 0 Å². The van der Waals surface area contributed by atoms with Crippen molar-refractivity contribution in [3.05, 3.63) is 24.3 Å². The van der Waals surface area contributed by atoms with Gasteiger partial charge in [-0.3, -0.25) is 10.1 Å². The highest BCUT2D eigenvalue weighted by Crippen LogP contribution is 2.17. The van der Waals surface area contributed by atoms with Crippen LogP contribution in [0.1, 0.15) is 20.3 Å². The van der Waals surface area contributed by atoms with E-state index < -0.39 is 11.9 Å². The normalized spacial score (nSPS) is 9.70. The lowest BCUT2D eigenvalue weighted by Crippen LogP contribution is -2.41. The third kappa shape index (κ3) is 6.08. The molecule has 1 aromatic rings. The zero-order valence-corrected chi connectivity index (χ0v) is 11.8. The molecule has 0 aliphatic heterocycles. The van der Waals surface area contributed by atoms with Gasteiger partial charge in [-0.25, -0.2) is 4.79 Å². The van der Waals surface area contributed by atoms with Gasteiger partial charge in [0.15, 0.2) is 6.61 Å². The Kier molecular flexibility index (Phi) is 6.95. The van der Waals surface area contributed by atoms with Crippen LogP contribution in [0.4, 0.5) is 4.79 Å². The summed E-state index contributed by atoms with van der Waals surface area (Å²) in [5, 5.41) is 4.72. The predicted octanol–water partition coefficient (Wildman–Crippen LogP) is 1.70. The van der Waals surface area contributed by atoms with E-state index in [0.29, 0.717) is 18.9 Å². The smallest absolute Gasteiger partial charge is 0.321 e. The van der Waals surface area contributed by atoms with Crippen molar-refractivity contribution in [2.45, 2.75) is 20.3 Å². The molecule has 0 spiro atoms. The zero-order chi connectivity index (χ0) is 14.8. The van der Waals surface area contributed by atoms with Crippen molar-refractivity contribution in [3.8, 4) is 11.5 Å². The summed E-state index contributed by atoms with van der Waals surface area (Å²) in [5.74, 6) is 0.785. The molecule has 1 rings (SSSR count). The van der Waals surface area contributed by atoms with Gasteiger partial charge in [-0.2, -0.15) is 0 Å². The van der Waals surface area contributed by atoms with Gasteiger partial charge in [-0.1, -0.05) is 6.92 Å². The van der Waals surface area contributed by atoms with E-state index in [4.69, 9.17) is 9.47 Å². The molecule has 0 bridgehead atoms. The van der Waals surface area contributed by atoms with Gasteiger partial charge in [0.1, 0.15) is 11.5 Å². The van der Waals surface area contributed by atoms with Crippen LogP contribution in [0.3, 0.4) is 0 Å². The average molecular weight is 280 g/mol. The predicted molar refractivity (Wildman–Crippen MR) is 74.9 cm³/mol. The summed E-state index contributed by atoms with van der Waals surface area (Å²) in [6, 6.07) is 6.41. The first-order valence-electron chi connectivity index (χ1n) is 6.59. The minimum atomic E-state index is -0.507. The maximum absolute atomic E-state index is 11.4. The number of carbonyl (C=O) groups excluding carboxylic acids is 2. The van der Waals surface area contributed by atoms with Gasteiger partial charge in [-0.15, -0.1) is 0 Å². The van der Waals surface area contributed by atoms with Crippen molar-refractivity contribution in [2.75, 3.05) is 19.8 Å². The first-order valence-corrected chi connectivity index (χ1v) is 6.59. The fraction of sp³-hybridized carbons (Fsp3) is 0.429. The number of imide groups is 1. The number of amides is 3. The van der Waals surface area contributed by atoms with Crippen LogP contribution in [-0.4, -0.2) is 31.7 Å². The van der Waals surface area contributed by atoms with Gasteiger partial charge in [0.25, 0.3) is 5.91 Å². The Bertz CT molecular complexity index is 431. The van der Waals surface area contributed by atoms with Gasteiger partial charge in [0.05, 0.1) is 6.61 Å². The minimum Gasteiger partial charge on any atom is -0.494 e. The van der Waals surface area contributed by atoms with E-state index in [-0.39, 0.29) is 6.61 Å². The molecule has 0 aliphatic carbocycles. The van der Waals surface area contributed by atoms with Crippen molar-refractivity contribution in [2.24, 2.45) is 0 Å². The molecule has 1 aromatic carbocycles. The molecule has 2 N–H and O–H groups in total. The molecule has 0 aliphatic rings. The first-order chi connectivity index (χ1) is 9.65. The lowest BCUT2D eigenvalue weighted by atomic mass is 10.3. The van der Waals surface area contributed by atoms with Gasteiger partial charge < -0.3 is 14.8 Å². The van der Waals surface area contributed by atoms with E-state index >= 15 is 0 Å². The summed E-state index contributed by atoms with van der Waals surface area (Å²) < 4.78 is 10.5. The SMILES string of the molecule is CCCNC(=O)NC(=O)COc1ccc(OCC)cc1. The molecular weight excluding hydrogens is 260 g/mol. The Balaban J connectivity index is 2.31. The maximum atomic E-state index is 11.4. The highest BCUT2D eigenvalue weighted by atomic mass is 16.5. The summed E-state index contributed by atoms with van der Waals surface area (Å²) in [6.07, 6.45) is 0.810. The fourth-order valence-electron chi connectivity index (χ4n) is 1.39. The van der Waals surface area contributed by atoms with Crippen molar-refractivity contribution in [3.63, 3.8) is 0 Å². The lowest BCUT2D eigenvalue weighted by Gasteiger charge is -2.08. The van der Waals surface area contributed by atoms with Crippen LogP contribution in [0.15, 0.2) is 24.3 Å². The van der Waals surface area contributed by atoms with E-state index in [1.807, 2.05) is 13.8 Å². The van der Waals surface area contributed by atoms with Crippen molar-refractivity contribution in [1.29, 1.82) is 0 Å². The summed E-state index contributed by atoms with van der Waals surface area (Å²) in [7, 11) is 0. The zero-order valence-electron chi connectivity index (χ0n) is 11.8. The molecule has 0 unspecified atom stereocenters. The summed E-state index contributed by atoms with van der Waals surface area (Å²) in [5.41, 5.74) is 0. The van der Waals surface area contributed by atoms with Crippen molar-refractivity contribution >= 4 is 11.9 Å². The second kappa shape index (κ2) is 8.79. The topological polar surface area (TPSA) is 76.7 Å². The largest absolute Gasteiger partial charge is 0.494 e. The number of carbonyl (C=O) groups is 2. The second-order valence-corrected chi connectivity index (χ2v) is 4.00. The standard InChI is InChI=1S/C14H20N2O4/c1-3-9-15-14(18)16-13(17)10-20-12-7-5-11(6-8-12)19-4-2/h5-8H,3-4,9-10H2,1-2H3,(H2,15,16,17,18). The number of ether oxygens (including phenoxy) is 2. The van der Waals surface area contributed by atoms with Crippen LogP contribution >= 0.6 is 0 Å². The molecule has 3 amide bonds. The number of hydrogen-bond acceptors (Lipinski definition) is 4. The molecule has 0 aromatic heterocycles. The van der Waals surface area contributed by atoms with E-state index in [0.717, 1.165) is 12.2 Å². The van der Waals surface area contributed by atoms with E-state index in [9.17, 15) is 9.59 Å². The van der Waals surface area contributed by atoms with Crippen molar-refractivity contribution < 1.29 is 19.1 Å². The summed E-state index contributed by atoms with van der Waals surface area (Å²) >= 11 is 0. The number of benzene rings is 1. The van der Waals surface area contributed by atoms with Crippen molar-refractivity contribution in [1.82, 2.24) is 10.6 Å². The number of nitrogens with one attached hydrogen (secondary N) is 2. The Labute approximate surface area is 118 Å². The molecule has 0 radical (unpaired) electrons. The first kappa shape index (κ1) is 15.8. The van der Waals surface area contributed by atoms with Crippen LogP contribution in [0.5, 0.6) is 11.5 Å². The van der Waals surface area contributed by atoms with Gasteiger partial charge in [0, 0.05) is 6.54 Å². The van der Waals surface area contributed by atoms with Crippen LogP contribution in [0.2, 0.25) is 0 Å². The van der Waals surface area contributed by atoms with Crippen LogP contribution in [-0.2, 0) is 4.79 Å². The monoisotopic (exact) mass is 280 g/mol. The molecule has 110 valence electrons. The van der Waals surface area contributed by atoms with Gasteiger partial charge >= 0.3 is 6.03 Å². The highest BCUT2D eigenvalue weighted by molar-refractivity contribution is 5.94. The molecule has 0 saturated carbocycles. The Morgan fingerprint density at radius 1 is 1.05 bits per heavy atom. The molecule has 0 fully saturated rings.